The number of nitrogens with zero attached hydrogens (tertiary/aromatic N) is 4. The summed E-state index contributed by atoms with van der Waals surface area (Å²) in [4.78, 5) is 109. The Labute approximate surface area is 424 Å². The Hall–Kier alpha value is -8.29. The summed E-state index contributed by atoms with van der Waals surface area (Å²) >= 11 is 0. The van der Waals surface area contributed by atoms with Gasteiger partial charge in [-0.05, 0) is 149 Å². The zero-order valence-corrected chi connectivity index (χ0v) is 41.0. The number of H-pyrrole nitrogens is 3. The lowest BCUT2D eigenvalue weighted by Crippen LogP contribution is -2.40. The highest BCUT2D eigenvalue weighted by Crippen LogP contribution is 2.42. The molecule has 0 bridgehead atoms. The third-order valence-electron chi connectivity index (χ3n) is 14.6. The van der Waals surface area contributed by atoms with E-state index in [1.54, 1.807) is 146 Å². The number of nitrogens with one attached hydrogen (secondary N) is 3. The lowest BCUT2D eigenvalue weighted by Gasteiger charge is -2.33. The molecule has 0 radical (unpaired) electrons. The van der Waals surface area contributed by atoms with Crippen molar-refractivity contribution in [1.82, 2.24) is 19.9 Å². The molecule has 3 N–H and O–H groups in total. The van der Waals surface area contributed by atoms with Crippen LogP contribution >= 0.6 is 0 Å². The maximum absolute atomic E-state index is 15.3. The molecule has 368 valence electrons. The van der Waals surface area contributed by atoms with Crippen molar-refractivity contribution in [3.63, 3.8) is 0 Å². The highest BCUT2D eigenvalue weighted by atomic mass is 16.1. The lowest BCUT2D eigenvalue weighted by molar-refractivity contribution is -0.125. The first-order valence-corrected chi connectivity index (χ1v) is 24.6. The average Bonchev–Trinajstić information content (AvgIpc) is 4.27. The molecule has 0 amide bonds. The van der Waals surface area contributed by atoms with Gasteiger partial charge in [-0.3, -0.25) is 43.7 Å². The first-order valence-electron chi connectivity index (χ1n) is 24.6. The standard InChI is InChI=1S/C60H57N7O6/c1-40(68)43-13-19-46(20-14-43)58(28-7-34-64-58)55(71)49(52-10-4-31-61-52)25-37-67(38-26-50(53-11-5-32-62-53)56(72)59(29-8-35-65-59)47-21-15-44(16-22-47)41(2)69)39-27-51(54-12-6-33-63-54)57(73)60(30-9-36-66-60)48-23-17-45(18-24-48)42(3)70/h4-24,28-36,49-51,61-63H,25-27,37-39H2,1-3H3. The second kappa shape index (κ2) is 21.2. The van der Waals surface area contributed by atoms with E-state index >= 15 is 14.4 Å². The minimum atomic E-state index is -1.34. The van der Waals surface area contributed by atoms with Crippen LogP contribution in [0.15, 0.2) is 179 Å². The molecule has 3 aliphatic heterocycles. The van der Waals surface area contributed by atoms with Gasteiger partial charge in [-0.15, -0.1) is 0 Å². The van der Waals surface area contributed by atoms with E-state index in [0.717, 1.165) is 0 Å². The van der Waals surface area contributed by atoms with Crippen LogP contribution in [0.2, 0.25) is 0 Å². The number of carbonyl (C=O) groups excluding carboxylic acids is 6. The van der Waals surface area contributed by atoms with Crippen molar-refractivity contribution in [1.29, 1.82) is 0 Å². The Morgan fingerprint density at radius 3 is 0.904 bits per heavy atom. The molecule has 6 heterocycles. The van der Waals surface area contributed by atoms with Crippen LogP contribution in [0, 0.1) is 0 Å². The number of aromatic amines is 3. The zero-order valence-electron chi connectivity index (χ0n) is 41.0. The number of carbonyl (C=O) groups is 6. The van der Waals surface area contributed by atoms with Gasteiger partial charge in [-0.25, -0.2) is 0 Å². The smallest absolute Gasteiger partial charge is 0.177 e. The molecule has 0 saturated carbocycles. The predicted molar refractivity (Wildman–Crippen MR) is 283 cm³/mol. The molecule has 13 nitrogen and oxygen atoms in total. The molecule has 3 aliphatic rings. The van der Waals surface area contributed by atoms with E-state index in [1.165, 1.54) is 20.8 Å². The van der Waals surface area contributed by atoms with E-state index in [1.807, 2.05) is 36.4 Å². The van der Waals surface area contributed by atoms with Crippen molar-refractivity contribution in [3.05, 3.63) is 215 Å². The van der Waals surface area contributed by atoms with Gasteiger partial charge in [0, 0.05) is 71.0 Å². The van der Waals surface area contributed by atoms with Crippen LogP contribution in [0.5, 0.6) is 0 Å². The third-order valence-corrected chi connectivity index (χ3v) is 14.6. The van der Waals surface area contributed by atoms with Crippen LogP contribution in [0.4, 0.5) is 0 Å². The van der Waals surface area contributed by atoms with Gasteiger partial charge in [0.05, 0.1) is 17.8 Å². The Morgan fingerprint density at radius 1 is 0.425 bits per heavy atom. The molecule has 3 aromatic carbocycles. The molecule has 6 aromatic rings. The fraction of sp³-hybridized carbons (Fsp3) is 0.250. The molecule has 6 atom stereocenters. The van der Waals surface area contributed by atoms with Gasteiger partial charge >= 0.3 is 0 Å². The van der Waals surface area contributed by atoms with Crippen LogP contribution in [-0.2, 0) is 31.0 Å². The maximum atomic E-state index is 15.3. The van der Waals surface area contributed by atoms with Gasteiger partial charge in [-0.2, -0.15) is 0 Å². The molecule has 0 aliphatic carbocycles. The van der Waals surface area contributed by atoms with E-state index in [2.05, 4.69) is 19.9 Å². The van der Waals surface area contributed by atoms with Crippen molar-refractivity contribution in [2.75, 3.05) is 19.6 Å². The minimum Gasteiger partial charge on any atom is -0.364 e. The van der Waals surface area contributed by atoms with E-state index < -0.39 is 34.4 Å². The third kappa shape index (κ3) is 9.88. The van der Waals surface area contributed by atoms with Gasteiger partial charge in [0.2, 0.25) is 0 Å². The number of aliphatic imine (C=N–C) groups is 3. The summed E-state index contributed by atoms with van der Waals surface area (Å²) in [5, 5.41) is 0. The number of ketones is 6. The summed E-state index contributed by atoms with van der Waals surface area (Å²) < 4.78 is 0. The summed E-state index contributed by atoms with van der Waals surface area (Å²) in [5.41, 5.74) is 1.63. The molecule has 6 unspecified atom stereocenters. The number of benzene rings is 3. The topological polar surface area (TPSA) is 190 Å². The highest BCUT2D eigenvalue weighted by molar-refractivity contribution is 6.03. The summed E-state index contributed by atoms with van der Waals surface area (Å²) in [7, 11) is 0. The van der Waals surface area contributed by atoms with Gasteiger partial charge in [-0.1, -0.05) is 72.8 Å². The summed E-state index contributed by atoms with van der Waals surface area (Å²) in [5.74, 6) is -2.73. The van der Waals surface area contributed by atoms with Crippen LogP contribution < -0.4 is 0 Å². The SMILES string of the molecule is CC(=O)c1ccc(C2(C(=O)C(CCN(CCC(C(=O)C3(c4ccc(C(C)=O)cc4)C=CC=N3)c3ccc[nH]3)CCC(C(=O)C3(c4ccc(C(C)=O)cc4)C=CC=N3)c3ccc[nH]3)c3ccc[nH]3)C=CC=N2)cc1. The molecule has 13 heteroatoms. The van der Waals surface area contributed by atoms with Crippen molar-refractivity contribution < 1.29 is 28.8 Å². The zero-order chi connectivity index (χ0) is 51.2. The molecule has 9 rings (SSSR count). The van der Waals surface area contributed by atoms with E-state index in [4.69, 9.17) is 15.0 Å². The van der Waals surface area contributed by atoms with E-state index in [-0.39, 0.29) is 34.7 Å². The van der Waals surface area contributed by atoms with Crippen LogP contribution in [0.1, 0.15) is 123 Å². The monoisotopic (exact) mass is 971 g/mol. The number of rotatable bonds is 24. The lowest BCUT2D eigenvalue weighted by atomic mass is 9.77. The molecule has 3 aromatic heterocycles. The number of hydrogen-bond donors (Lipinski definition) is 3. The first-order chi connectivity index (χ1) is 35.3. The first kappa shape index (κ1) is 49.7. The summed E-state index contributed by atoms with van der Waals surface area (Å²) in [6, 6.07) is 32.4. The second-order valence-corrected chi connectivity index (χ2v) is 18.9. The van der Waals surface area contributed by atoms with Crippen LogP contribution in [0.25, 0.3) is 0 Å². The predicted octanol–water partition coefficient (Wildman–Crippen LogP) is 9.72. The van der Waals surface area contributed by atoms with Gasteiger partial charge < -0.3 is 19.9 Å². The molecule has 73 heavy (non-hydrogen) atoms. The van der Waals surface area contributed by atoms with Crippen LogP contribution in [-0.4, -0.2) is 92.8 Å². The fourth-order valence-corrected chi connectivity index (χ4v) is 10.4. The number of Topliss-reactive ketones (excluding diaryl/α,β-unsaturated/α-hetero) is 6. The average molecular weight is 972 g/mol. The minimum absolute atomic E-state index is 0.0843. The normalized spacial score (nSPS) is 20.7. The molecule has 0 saturated heterocycles. The Morgan fingerprint density at radius 2 is 0.699 bits per heavy atom. The maximum Gasteiger partial charge on any atom is 0.177 e. The quantitative estimate of drug-likeness (QED) is 0.0503. The Bertz CT molecular complexity index is 2800. The second-order valence-electron chi connectivity index (χ2n) is 18.9. The number of hydrogen-bond acceptors (Lipinski definition) is 10. The Kier molecular flexibility index (Phi) is 14.4. The van der Waals surface area contributed by atoms with Gasteiger partial charge in [0.1, 0.15) is 0 Å². The highest BCUT2D eigenvalue weighted by Gasteiger charge is 2.46. The van der Waals surface area contributed by atoms with Crippen molar-refractivity contribution >= 4 is 53.3 Å². The van der Waals surface area contributed by atoms with Crippen LogP contribution in [0.3, 0.4) is 0 Å². The van der Waals surface area contributed by atoms with E-state index in [0.29, 0.717) is 89.4 Å². The molecular formula is C60H57N7O6. The van der Waals surface area contributed by atoms with Crippen molar-refractivity contribution in [2.24, 2.45) is 15.0 Å². The fourth-order valence-electron chi connectivity index (χ4n) is 10.4. The van der Waals surface area contributed by atoms with Gasteiger partial charge in [0.25, 0.3) is 0 Å². The van der Waals surface area contributed by atoms with E-state index in [9.17, 15) is 14.4 Å². The number of allylic oxidation sites excluding steroid dienone is 3. The molecule has 0 fully saturated rings. The number of aromatic nitrogens is 3. The molecule has 0 spiro atoms. The summed E-state index contributed by atoms with van der Waals surface area (Å²) in [6.45, 7) is 5.65. The van der Waals surface area contributed by atoms with Crippen molar-refractivity contribution in [3.8, 4) is 0 Å². The Balaban J connectivity index is 1.06. The van der Waals surface area contributed by atoms with Gasteiger partial charge in [0.15, 0.2) is 51.3 Å². The largest absolute Gasteiger partial charge is 0.364 e. The van der Waals surface area contributed by atoms with Crippen molar-refractivity contribution in [2.45, 2.75) is 74.4 Å². The molecular weight excluding hydrogens is 915 g/mol. The summed E-state index contributed by atoms with van der Waals surface area (Å²) in [6.07, 6.45) is 22.0.